The number of nitrogens with zero attached hydrogens (tertiary/aromatic N) is 1. The highest BCUT2D eigenvalue weighted by molar-refractivity contribution is 5.85. The predicted octanol–water partition coefficient (Wildman–Crippen LogP) is 1.34. The summed E-state index contributed by atoms with van der Waals surface area (Å²) < 4.78 is 40.0. The Hall–Kier alpha value is -0.530. The summed E-state index contributed by atoms with van der Waals surface area (Å²) in [7, 11) is 0. The van der Waals surface area contributed by atoms with Crippen LogP contribution < -0.4 is 5.32 Å². The molecule has 112 valence electrons. The van der Waals surface area contributed by atoms with Gasteiger partial charge in [-0.3, -0.25) is 4.79 Å². The lowest BCUT2D eigenvalue weighted by Crippen LogP contribution is -2.41. The van der Waals surface area contributed by atoms with Crippen molar-refractivity contribution in [3.8, 4) is 0 Å². The molecule has 2 bridgehead atoms. The van der Waals surface area contributed by atoms with Crippen molar-refractivity contribution in [3.63, 3.8) is 0 Å². The Balaban J connectivity index is 0.00000180. The van der Waals surface area contributed by atoms with Gasteiger partial charge in [0.15, 0.2) is 0 Å². The van der Waals surface area contributed by atoms with E-state index < -0.39 is 19.4 Å². The number of hydrogen-bond acceptors (Lipinski definition) is 3. The van der Waals surface area contributed by atoms with E-state index in [1.54, 1.807) is 4.90 Å². The molecule has 0 aliphatic carbocycles. The molecule has 1 N–H and O–H groups in total. The van der Waals surface area contributed by atoms with Crippen molar-refractivity contribution in [2.24, 2.45) is 0 Å². The van der Waals surface area contributed by atoms with Crippen molar-refractivity contribution in [2.45, 2.75) is 37.5 Å². The highest BCUT2D eigenvalue weighted by Gasteiger charge is 2.32. The van der Waals surface area contributed by atoms with Gasteiger partial charge in [-0.1, -0.05) is 0 Å². The third kappa shape index (κ3) is 5.16. The van der Waals surface area contributed by atoms with Gasteiger partial charge in [0, 0.05) is 25.2 Å². The minimum atomic E-state index is -4.38. The van der Waals surface area contributed by atoms with Crippen molar-refractivity contribution in [1.29, 1.82) is 0 Å². The lowest BCUT2D eigenvalue weighted by molar-refractivity contribution is -0.177. The fraction of sp³-hybridized carbons (Fsp3) is 0.909. The predicted molar refractivity (Wildman–Crippen MR) is 65.3 cm³/mol. The lowest BCUT2D eigenvalue weighted by atomic mass is 10.1. The second-order valence-electron chi connectivity index (χ2n) is 4.87. The van der Waals surface area contributed by atoms with Crippen LogP contribution in [0.4, 0.5) is 13.2 Å². The van der Waals surface area contributed by atoms with Crippen LogP contribution in [0.5, 0.6) is 0 Å². The molecule has 0 aromatic heterocycles. The van der Waals surface area contributed by atoms with Gasteiger partial charge in [-0.25, -0.2) is 0 Å². The molecule has 1 amide bonds. The molecular weight excluding hydrogens is 285 g/mol. The number of fused-ring (bicyclic) bond motifs is 2. The number of rotatable bonds is 3. The van der Waals surface area contributed by atoms with Crippen molar-refractivity contribution in [3.05, 3.63) is 0 Å². The molecular formula is C11H18ClF3N2O2. The third-order valence-electron chi connectivity index (χ3n) is 3.37. The minimum absolute atomic E-state index is 0. The Morgan fingerprint density at radius 1 is 1.26 bits per heavy atom. The highest BCUT2D eigenvalue weighted by Crippen LogP contribution is 2.20. The van der Waals surface area contributed by atoms with Gasteiger partial charge in [0.25, 0.3) is 0 Å². The van der Waals surface area contributed by atoms with Gasteiger partial charge in [0.1, 0.15) is 13.2 Å². The van der Waals surface area contributed by atoms with Gasteiger partial charge in [-0.2, -0.15) is 13.2 Å². The molecule has 4 nitrogen and oxygen atoms in total. The van der Waals surface area contributed by atoms with Gasteiger partial charge in [0.2, 0.25) is 5.91 Å². The number of nitrogens with one attached hydrogen (secondary N) is 1. The molecule has 2 heterocycles. The molecule has 2 fully saturated rings. The van der Waals surface area contributed by atoms with E-state index in [1.807, 2.05) is 0 Å². The molecule has 0 radical (unpaired) electrons. The normalized spacial score (nSPS) is 26.8. The van der Waals surface area contributed by atoms with Crippen molar-refractivity contribution in [1.82, 2.24) is 10.2 Å². The molecule has 2 rings (SSSR count). The molecule has 0 spiro atoms. The smallest absolute Gasteiger partial charge is 0.362 e. The molecule has 2 saturated heterocycles. The van der Waals surface area contributed by atoms with Crippen molar-refractivity contribution >= 4 is 18.3 Å². The minimum Gasteiger partial charge on any atom is -0.362 e. The number of carbonyl (C=O) groups excluding carboxylic acids is 1. The van der Waals surface area contributed by atoms with Crippen molar-refractivity contribution < 1.29 is 22.7 Å². The number of ether oxygens (including phenoxy) is 1. The maximum absolute atomic E-state index is 11.9. The largest absolute Gasteiger partial charge is 0.411 e. The number of halogens is 4. The van der Waals surface area contributed by atoms with Crippen LogP contribution in [0.3, 0.4) is 0 Å². The Labute approximate surface area is 116 Å². The van der Waals surface area contributed by atoms with E-state index in [9.17, 15) is 18.0 Å². The lowest BCUT2D eigenvalue weighted by Gasteiger charge is -2.24. The standard InChI is InChI=1S/C11H17F3N2O2.ClH/c12-11(13,14)7-18-6-10(17)16-4-3-8-1-2-9(5-16)15-8;/h8-9,15H,1-7H2;1H. The average Bonchev–Trinajstić information content (AvgIpc) is 2.56. The summed E-state index contributed by atoms with van der Waals surface area (Å²) >= 11 is 0. The van der Waals surface area contributed by atoms with Crippen LogP contribution in [-0.4, -0.2) is 55.4 Å². The van der Waals surface area contributed by atoms with Crippen LogP contribution in [0, 0.1) is 0 Å². The zero-order valence-electron chi connectivity index (χ0n) is 10.4. The monoisotopic (exact) mass is 302 g/mol. The van der Waals surface area contributed by atoms with E-state index in [0.717, 1.165) is 19.3 Å². The molecule has 2 aliphatic heterocycles. The maximum atomic E-state index is 11.9. The van der Waals surface area contributed by atoms with E-state index in [0.29, 0.717) is 19.1 Å². The molecule has 0 aromatic carbocycles. The fourth-order valence-electron chi connectivity index (χ4n) is 2.51. The molecule has 19 heavy (non-hydrogen) atoms. The topological polar surface area (TPSA) is 41.6 Å². The molecule has 2 atom stereocenters. The molecule has 8 heteroatoms. The van der Waals surface area contributed by atoms with Crippen LogP contribution in [0.15, 0.2) is 0 Å². The van der Waals surface area contributed by atoms with Crippen LogP contribution >= 0.6 is 12.4 Å². The zero-order valence-corrected chi connectivity index (χ0v) is 11.2. The summed E-state index contributed by atoms with van der Waals surface area (Å²) in [6, 6.07) is 0.730. The first-order chi connectivity index (χ1) is 8.44. The van der Waals surface area contributed by atoms with Crippen LogP contribution in [-0.2, 0) is 9.53 Å². The molecule has 2 aliphatic rings. The number of alkyl halides is 3. The average molecular weight is 303 g/mol. The van der Waals surface area contributed by atoms with E-state index in [4.69, 9.17) is 0 Å². The SMILES string of the molecule is Cl.O=C(COCC(F)(F)F)N1CCC2CCC(C1)N2. The van der Waals surface area contributed by atoms with E-state index >= 15 is 0 Å². The molecule has 0 aromatic rings. The van der Waals surface area contributed by atoms with Gasteiger partial charge in [-0.15, -0.1) is 12.4 Å². The number of amides is 1. The van der Waals surface area contributed by atoms with Crippen molar-refractivity contribution in [2.75, 3.05) is 26.3 Å². The number of likely N-dealkylation sites (tertiary alicyclic amines) is 1. The zero-order chi connectivity index (χ0) is 13.2. The molecule has 0 saturated carbocycles. The Kier molecular flexibility index (Phi) is 5.88. The molecule has 2 unspecified atom stereocenters. The third-order valence-corrected chi connectivity index (χ3v) is 3.37. The van der Waals surface area contributed by atoms with E-state index in [1.165, 1.54) is 0 Å². The number of hydrogen-bond donors (Lipinski definition) is 1. The quantitative estimate of drug-likeness (QED) is 0.855. The Morgan fingerprint density at radius 3 is 2.63 bits per heavy atom. The Morgan fingerprint density at radius 2 is 1.95 bits per heavy atom. The van der Waals surface area contributed by atoms with Gasteiger partial charge in [-0.05, 0) is 19.3 Å². The van der Waals surface area contributed by atoms with E-state index in [-0.39, 0.29) is 24.4 Å². The highest BCUT2D eigenvalue weighted by atomic mass is 35.5. The van der Waals surface area contributed by atoms with Gasteiger partial charge < -0.3 is 15.0 Å². The van der Waals surface area contributed by atoms with Gasteiger partial charge >= 0.3 is 6.18 Å². The number of carbonyl (C=O) groups is 1. The summed E-state index contributed by atoms with van der Waals surface area (Å²) in [4.78, 5) is 13.3. The first-order valence-corrected chi connectivity index (χ1v) is 6.12. The summed E-state index contributed by atoms with van der Waals surface area (Å²) in [5.41, 5.74) is 0. The second kappa shape index (κ2) is 6.76. The Bertz CT molecular complexity index is 315. The first-order valence-electron chi connectivity index (χ1n) is 6.12. The van der Waals surface area contributed by atoms with E-state index in [2.05, 4.69) is 10.1 Å². The van der Waals surface area contributed by atoms with Crippen LogP contribution in [0.25, 0.3) is 0 Å². The summed E-state index contributed by atoms with van der Waals surface area (Å²) in [5, 5.41) is 3.40. The van der Waals surface area contributed by atoms with Crippen LogP contribution in [0.2, 0.25) is 0 Å². The van der Waals surface area contributed by atoms with Gasteiger partial charge in [0.05, 0.1) is 0 Å². The summed E-state index contributed by atoms with van der Waals surface area (Å²) in [5.74, 6) is -0.353. The summed E-state index contributed by atoms with van der Waals surface area (Å²) in [6.07, 6.45) is -1.36. The summed E-state index contributed by atoms with van der Waals surface area (Å²) in [6.45, 7) is -0.680. The van der Waals surface area contributed by atoms with Crippen LogP contribution in [0.1, 0.15) is 19.3 Å². The first kappa shape index (κ1) is 16.5. The fourth-order valence-corrected chi connectivity index (χ4v) is 2.51. The second-order valence-corrected chi connectivity index (χ2v) is 4.87. The maximum Gasteiger partial charge on any atom is 0.411 e.